The number of fused-ring (bicyclic) bond motifs is 3. The summed E-state index contributed by atoms with van der Waals surface area (Å²) in [5.41, 5.74) is 2.79. The number of ether oxygens (including phenoxy) is 1. The summed E-state index contributed by atoms with van der Waals surface area (Å²) < 4.78 is 7.57. The molecule has 1 saturated heterocycles. The van der Waals surface area contributed by atoms with Gasteiger partial charge in [0.25, 0.3) is 5.91 Å². The van der Waals surface area contributed by atoms with E-state index in [0.29, 0.717) is 12.4 Å². The van der Waals surface area contributed by atoms with Crippen molar-refractivity contribution in [3.05, 3.63) is 64.0 Å². The topological polar surface area (TPSA) is 63.5 Å². The molecule has 150 valence electrons. The van der Waals surface area contributed by atoms with Crippen LogP contribution in [-0.2, 0) is 13.1 Å². The molecule has 3 aromatic rings. The summed E-state index contributed by atoms with van der Waals surface area (Å²) in [6.45, 7) is 5.00. The molecule has 7 nitrogen and oxygen atoms in total. The van der Waals surface area contributed by atoms with Crippen LogP contribution in [0.15, 0.2) is 42.0 Å². The van der Waals surface area contributed by atoms with Gasteiger partial charge in [-0.15, -0.1) is 11.3 Å². The van der Waals surface area contributed by atoms with Crippen LogP contribution in [0, 0.1) is 6.92 Å². The van der Waals surface area contributed by atoms with E-state index < -0.39 is 0 Å². The Morgan fingerprint density at radius 3 is 2.86 bits per heavy atom. The number of carbonyl (C=O) groups is 1. The predicted octanol–water partition coefficient (Wildman–Crippen LogP) is 2.74. The maximum atomic E-state index is 13.2. The molecule has 2 aliphatic rings. The summed E-state index contributed by atoms with van der Waals surface area (Å²) in [7, 11) is 1.65. The molecule has 5 rings (SSSR count). The highest BCUT2D eigenvalue weighted by Crippen LogP contribution is 2.35. The van der Waals surface area contributed by atoms with Crippen molar-refractivity contribution in [1.29, 1.82) is 0 Å². The summed E-state index contributed by atoms with van der Waals surface area (Å²) >= 11 is 1.63. The van der Waals surface area contributed by atoms with Crippen molar-refractivity contribution in [3.63, 3.8) is 0 Å². The molecule has 0 bridgehead atoms. The molecule has 0 saturated carbocycles. The number of nitrogens with zero attached hydrogens (tertiary/aromatic N) is 5. The molecule has 0 unspecified atom stereocenters. The highest BCUT2D eigenvalue weighted by Gasteiger charge is 2.45. The molecular weight excluding hydrogens is 386 g/mol. The van der Waals surface area contributed by atoms with Crippen molar-refractivity contribution in [1.82, 2.24) is 24.3 Å². The van der Waals surface area contributed by atoms with Gasteiger partial charge in [0.15, 0.2) is 0 Å². The molecule has 8 heteroatoms. The van der Waals surface area contributed by atoms with Crippen LogP contribution < -0.4 is 4.74 Å². The Morgan fingerprint density at radius 1 is 1.21 bits per heavy atom. The first-order valence-corrected chi connectivity index (χ1v) is 10.6. The fraction of sp³-hybridized carbons (Fsp3) is 0.381. The van der Waals surface area contributed by atoms with Gasteiger partial charge in [0.1, 0.15) is 5.69 Å². The molecule has 5 heterocycles. The molecule has 1 fully saturated rings. The van der Waals surface area contributed by atoms with E-state index in [1.165, 1.54) is 0 Å². The van der Waals surface area contributed by atoms with Crippen LogP contribution in [-0.4, -0.2) is 56.5 Å². The summed E-state index contributed by atoms with van der Waals surface area (Å²) in [6, 6.07) is 8.23. The predicted molar refractivity (Wildman–Crippen MR) is 110 cm³/mol. The lowest BCUT2D eigenvalue weighted by atomic mass is 10.1. The molecule has 3 aromatic heterocycles. The van der Waals surface area contributed by atoms with Crippen LogP contribution >= 0.6 is 11.3 Å². The number of hydrogen-bond donors (Lipinski definition) is 0. The number of rotatable bonds is 5. The average Bonchev–Trinajstić information content (AvgIpc) is 3.45. The van der Waals surface area contributed by atoms with Gasteiger partial charge in [-0.25, -0.2) is 9.97 Å². The smallest absolute Gasteiger partial charge is 0.271 e. The van der Waals surface area contributed by atoms with Gasteiger partial charge in [0, 0.05) is 43.0 Å². The zero-order valence-corrected chi connectivity index (χ0v) is 17.3. The highest BCUT2D eigenvalue weighted by atomic mass is 32.1. The Kier molecular flexibility index (Phi) is 4.60. The van der Waals surface area contributed by atoms with Crippen LogP contribution in [0.25, 0.3) is 0 Å². The molecular formula is C21H23N5O2S. The van der Waals surface area contributed by atoms with Crippen LogP contribution in [0.2, 0.25) is 0 Å². The van der Waals surface area contributed by atoms with E-state index in [2.05, 4.69) is 30.9 Å². The summed E-state index contributed by atoms with van der Waals surface area (Å²) in [4.78, 5) is 26.5. The maximum absolute atomic E-state index is 13.2. The Morgan fingerprint density at radius 2 is 2.07 bits per heavy atom. The number of pyridine rings is 1. The first kappa shape index (κ1) is 18.3. The second-order valence-corrected chi connectivity index (χ2v) is 8.65. The number of amides is 1. The Balaban J connectivity index is 1.43. The number of thiazole rings is 1. The van der Waals surface area contributed by atoms with Crippen molar-refractivity contribution in [2.24, 2.45) is 0 Å². The van der Waals surface area contributed by atoms with Crippen molar-refractivity contribution < 1.29 is 9.53 Å². The third-order valence-electron chi connectivity index (χ3n) is 5.79. The largest absolute Gasteiger partial charge is 0.481 e. The number of aromatic nitrogens is 3. The second-order valence-electron chi connectivity index (χ2n) is 7.59. The van der Waals surface area contributed by atoms with Crippen molar-refractivity contribution in [2.75, 3.05) is 20.2 Å². The number of likely N-dealkylation sites (tertiary alicyclic amines) is 1. The summed E-state index contributed by atoms with van der Waals surface area (Å²) in [5.74, 6) is 0.748. The van der Waals surface area contributed by atoms with Crippen LogP contribution in [0.4, 0.5) is 0 Å². The molecule has 0 radical (unpaired) electrons. The van der Waals surface area contributed by atoms with Crippen LogP contribution in [0.3, 0.4) is 0 Å². The number of aryl methyl sites for hydroxylation is 1. The maximum Gasteiger partial charge on any atom is 0.271 e. The lowest BCUT2D eigenvalue weighted by Crippen LogP contribution is -2.49. The van der Waals surface area contributed by atoms with E-state index in [1.54, 1.807) is 24.6 Å². The molecule has 1 amide bonds. The lowest BCUT2D eigenvalue weighted by Gasteiger charge is -2.38. The minimum atomic E-state index is 0.0858. The number of hydrogen-bond acceptors (Lipinski definition) is 6. The van der Waals surface area contributed by atoms with E-state index in [9.17, 15) is 4.79 Å². The number of methoxy groups -OCH3 is 1. The van der Waals surface area contributed by atoms with Gasteiger partial charge in [-0.2, -0.15) is 0 Å². The zero-order chi connectivity index (χ0) is 20.0. The minimum absolute atomic E-state index is 0.0858. The van der Waals surface area contributed by atoms with Gasteiger partial charge in [-0.1, -0.05) is 6.07 Å². The van der Waals surface area contributed by atoms with Crippen LogP contribution in [0.5, 0.6) is 5.88 Å². The lowest BCUT2D eigenvalue weighted by molar-refractivity contribution is 0.0553. The van der Waals surface area contributed by atoms with Crippen LogP contribution in [0.1, 0.15) is 32.8 Å². The molecule has 0 N–H and O–H groups in total. The van der Waals surface area contributed by atoms with Crippen molar-refractivity contribution in [3.8, 4) is 5.88 Å². The fourth-order valence-corrected chi connectivity index (χ4v) is 5.14. The van der Waals surface area contributed by atoms with Crippen molar-refractivity contribution >= 4 is 17.2 Å². The van der Waals surface area contributed by atoms with Gasteiger partial charge in [0.05, 0.1) is 36.4 Å². The van der Waals surface area contributed by atoms with Gasteiger partial charge in [-0.05, 0) is 25.1 Å². The normalized spacial score (nSPS) is 21.3. The van der Waals surface area contributed by atoms with Gasteiger partial charge >= 0.3 is 0 Å². The summed E-state index contributed by atoms with van der Waals surface area (Å²) in [6.07, 6.45) is 3.78. The Bertz CT molecular complexity index is 1050. The third kappa shape index (κ3) is 3.22. The molecule has 2 atom stereocenters. The first-order valence-electron chi connectivity index (χ1n) is 9.73. The molecule has 0 aliphatic carbocycles. The molecule has 0 aromatic carbocycles. The van der Waals surface area contributed by atoms with E-state index >= 15 is 0 Å². The molecule has 2 aliphatic heterocycles. The van der Waals surface area contributed by atoms with Gasteiger partial charge < -0.3 is 14.2 Å². The highest BCUT2D eigenvalue weighted by molar-refractivity contribution is 7.09. The Hall–Kier alpha value is -2.71. The molecule has 0 spiro atoms. The van der Waals surface area contributed by atoms with E-state index in [0.717, 1.165) is 41.6 Å². The minimum Gasteiger partial charge on any atom is -0.481 e. The quantitative estimate of drug-likeness (QED) is 0.648. The monoisotopic (exact) mass is 409 g/mol. The summed E-state index contributed by atoms with van der Waals surface area (Å²) in [5, 5.41) is 3.08. The SMILES string of the molecule is COc1ncccc1CN1C[C@@H]2[C@H](C1)n1cccc1C(=O)N2Cc1csc(C)n1. The zero-order valence-electron chi connectivity index (χ0n) is 16.5. The third-order valence-corrected chi connectivity index (χ3v) is 6.61. The number of carbonyl (C=O) groups excluding carboxylic acids is 1. The van der Waals surface area contributed by atoms with E-state index in [1.807, 2.05) is 36.2 Å². The average molecular weight is 410 g/mol. The Labute approximate surface area is 173 Å². The van der Waals surface area contributed by atoms with Crippen molar-refractivity contribution in [2.45, 2.75) is 32.1 Å². The van der Waals surface area contributed by atoms with E-state index in [4.69, 9.17) is 4.74 Å². The van der Waals surface area contributed by atoms with E-state index in [-0.39, 0.29) is 18.0 Å². The van der Waals surface area contributed by atoms with Gasteiger partial charge in [-0.3, -0.25) is 9.69 Å². The standard InChI is InChI=1S/C21H23N5O2S/c1-14-23-16(13-29-14)10-26-19-12-24(9-15-5-3-7-22-20(15)28-2)11-18(19)25-8-4-6-17(25)21(26)27/h3-8,13,18-19H,9-12H2,1-2H3/t18-,19+/m0/s1. The molecule has 29 heavy (non-hydrogen) atoms. The first-order chi connectivity index (χ1) is 14.1. The second kappa shape index (κ2) is 7.27. The fourth-order valence-electron chi connectivity index (χ4n) is 4.53. The van der Waals surface area contributed by atoms with Gasteiger partial charge in [0.2, 0.25) is 5.88 Å².